The molecule has 0 radical (unpaired) electrons. The Bertz CT molecular complexity index is 2230. The fourth-order valence-corrected chi connectivity index (χ4v) is 10.2. The monoisotopic (exact) mass is 871 g/mol. The number of ether oxygens (including phenoxy) is 3. The molecule has 6 heterocycles. The van der Waals surface area contributed by atoms with Gasteiger partial charge in [-0.3, -0.25) is 19.6 Å². The second-order valence-corrected chi connectivity index (χ2v) is 19.2. The third-order valence-electron chi connectivity index (χ3n) is 12.4. The first-order chi connectivity index (χ1) is 29.6. The van der Waals surface area contributed by atoms with Crippen LogP contribution in [0.15, 0.2) is 41.9 Å². The lowest BCUT2D eigenvalue weighted by Gasteiger charge is -2.44. The molecule has 6 atom stereocenters. The maximum atomic E-state index is 15.0. The van der Waals surface area contributed by atoms with Crippen molar-refractivity contribution in [3.63, 3.8) is 0 Å². The molecule has 0 unspecified atom stereocenters. The van der Waals surface area contributed by atoms with Crippen molar-refractivity contribution in [2.75, 3.05) is 67.6 Å². The Morgan fingerprint density at radius 3 is 2.63 bits per heavy atom. The first-order valence-electron chi connectivity index (χ1n) is 22.0. The van der Waals surface area contributed by atoms with Crippen molar-refractivity contribution in [2.45, 2.75) is 104 Å². The fourth-order valence-electron chi connectivity index (χ4n) is 9.32. The Balaban J connectivity index is 1.39. The number of rotatable bonds is 9. The van der Waals surface area contributed by atoms with Gasteiger partial charge < -0.3 is 38.8 Å². The van der Waals surface area contributed by atoms with Crippen molar-refractivity contribution < 1.29 is 28.6 Å². The summed E-state index contributed by atoms with van der Waals surface area (Å²) < 4.78 is 21.0. The van der Waals surface area contributed by atoms with E-state index in [-0.39, 0.29) is 37.4 Å². The largest absolute Gasteiger partial charge is 0.464 e. The molecule has 2 N–H and O–H groups in total. The Labute approximate surface area is 370 Å². The summed E-state index contributed by atoms with van der Waals surface area (Å²) in [5.41, 5.74) is 9.43. The van der Waals surface area contributed by atoms with Crippen LogP contribution in [-0.4, -0.2) is 144 Å². The molecule has 3 aliphatic rings. The van der Waals surface area contributed by atoms with Crippen LogP contribution in [0.25, 0.3) is 33.4 Å². The Kier molecular flexibility index (Phi) is 14.0. The minimum absolute atomic E-state index is 0.0924. The van der Waals surface area contributed by atoms with Gasteiger partial charge in [0.2, 0.25) is 0 Å². The number of thiazole rings is 1. The average Bonchev–Trinajstić information content (AvgIpc) is 3.85. The molecule has 2 fully saturated rings. The van der Waals surface area contributed by atoms with Gasteiger partial charge >= 0.3 is 12.0 Å². The average molecular weight is 872 g/mol. The zero-order valence-corrected chi connectivity index (χ0v) is 38.9. The van der Waals surface area contributed by atoms with Crippen LogP contribution in [0.1, 0.15) is 82.9 Å². The van der Waals surface area contributed by atoms with Gasteiger partial charge in [-0.15, -0.1) is 11.3 Å². The van der Waals surface area contributed by atoms with E-state index in [9.17, 15) is 14.4 Å². The lowest BCUT2D eigenvalue weighted by atomic mass is 9.84. The number of urea groups is 1. The summed E-state index contributed by atoms with van der Waals surface area (Å²) in [5.74, 6) is -0.835. The van der Waals surface area contributed by atoms with Crippen LogP contribution in [0.4, 0.5) is 4.79 Å². The van der Waals surface area contributed by atoms with Crippen molar-refractivity contribution in [3.8, 4) is 22.5 Å². The quantitative estimate of drug-likeness (QED) is 0.194. The third kappa shape index (κ3) is 9.55. The molecule has 3 amide bonds. The molecule has 3 aromatic heterocycles. The number of piperazine rings is 1. The molecule has 4 aromatic rings. The van der Waals surface area contributed by atoms with Gasteiger partial charge in [0.05, 0.1) is 36.4 Å². The highest BCUT2D eigenvalue weighted by molar-refractivity contribution is 7.10. The van der Waals surface area contributed by atoms with Crippen LogP contribution in [0.2, 0.25) is 0 Å². The SMILES string of the molecule is CCn1c(-c2cccnc2[C@H](C)OC)c2c3cc(ccc31)-c1csc(n1)[C@@H](OCCN(C)C)[C@H](NC(=O)N1[C@@H](C)CN(C)C[C@@H]1C)C(=O)N1CCC[C@H](N1)C(=O)OCC(C)(C)C2. The first kappa shape index (κ1) is 45.6. The van der Waals surface area contributed by atoms with Crippen LogP contribution >= 0.6 is 11.3 Å². The zero-order valence-electron chi connectivity index (χ0n) is 38.1. The van der Waals surface area contributed by atoms with E-state index in [1.165, 1.54) is 16.3 Å². The molecule has 2 saturated heterocycles. The number of carbonyl (C=O) groups excluding carboxylic acids is 3. The number of carbonyl (C=O) groups is 3. The number of esters is 1. The van der Waals surface area contributed by atoms with Gasteiger partial charge in [-0.1, -0.05) is 19.9 Å². The maximum Gasteiger partial charge on any atom is 0.324 e. The summed E-state index contributed by atoms with van der Waals surface area (Å²) >= 11 is 1.41. The molecule has 0 aliphatic carbocycles. The number of hydrogen-bond acceptors (Lipinski definition) is 12. The topological polar surface area (TPSA) is 147 Å². The van der Waals surface area contributed by atoms with Crippen molar-refractivity contribution in [1.29, 1.82) is 0 Å². The summed E-state index contributed by atoms with van der Waals surface area (Å²) in [6.45, 7) is 15.9. The molecule has 3 aliphatic heterocycles. The van der Waals surface area contributed by atoms with Crippen LogP contribution < -0.4 is 10.7 Å². The number of nitrogens with zero attached hydrogens (tertiary/aromatic N) is 7. The van der Waals surface area contributed by atoms with E-state index < -0.39 is 35.5 Å². The molecule has 1 aromatic carbocycles. The number of cyclic esters (lactones) is 1. The minimum atomic E-state index is -1.17. The van der Waals surface area contributed by atoms with Crippen LogP contribution in [0.5, 0.6) is 0 Å². The van der Waals surface area contributed by atoms with E-state index in [0.29, 0.717) is 57.0 Å². The number of fused-ring (bicyclic) bond motifs is 6. The lowest BCUT2D eigenvalue weighted by molar-refractivity contribution is -0.156. The standard InChI is InChI=1S/C46H65N9O6S/c1-11-53-37-17-16-31-22-33(37)34(40(53)32-14-12-18-47-38(32)30(4)59-10)23-46(5,6)27-61-44(57)35-15-13-19-54(50-35)43(56)39(49-45(58)55-28(2)24-52(9)25-29(55)3)41(60-21-20-51(7)8)42-48-36(31)26-62-42/h12,14,16-18,22,26,28-30,35,39,41,50H,11,13,15,19-21,23-25,27H2,1-10H3,(H,49,58)/t28-,29-,30-,35-,39-,41-/m0/s1. The summed E-state index contributed by atoms with van der Waals surface area (Å²) in [7, 11) is 7.67. The van der Waals surface area contributed by atoms with Crippen LogP contribution in [0.3, 0.4) is 0 Å². The predicted octanol–water partition coefficient (Wildman–Crippen LogP) is 5.90. The molecular weight excluding hydrogens is 807 g/mol. The normalized spacial score (nSPS) is 24.3. The maximum absolute atomic E-state index is 15.0. The molecule has 7 rings (SSSR count). The van der Waals surface area contributed by atoms with Gasteiger partial charge in [0.25, 0.3) is 5.91 Å². The van der Waals surface area contributed by atoms with Crippen LogP contribution in [-0.2, 0) is 36.8 Å². The molecule has 0 saturated carbocycles. The van der Waals surface area contributed by atoms with Gasteiger partial charge in [0.15, 0.2) is 0 Å². The smallest absolute Gasteiger partial charge is 0.324 e. The molecule has 6 bridgehead atoms. The first-order valence-corrected chi connectivity index (χ1v) is 22.9. The van der Waals surface area contributed by atoms with Gasteiger partial charge in [0.1, 0.15) is 23.2 Å². The highest BCUT2D eigenvalue weighted by Crippen LogP contribution is 2.42. The summed E-state index contributed by atoms with van der Waals surface area (Å²) in [4.78, 5) is 59.4. The van der Waals surface area contributed by atoms with E-state index in [0.717, 1.165) is 44.7 Å². The van der Waals surface area contributed by atoms with Crippen molar-refractivity contribution in [1.82, 2.24) is 45.0 Å². The number of hydrogen-bond donors (Lipinski definition) is 2. The highest BCUT2D eigenvalue weighted by Gasteiger charge is 2.42. The zero-order chi connectivity index (χ0) is 44.5. The van der Waals surface area contributed by atoms with Gasteiger partial charge in [-0.25, -0.2) is 15.2 Å². The number of aryl methyl sites for hydroxylation is 1. The van der Waals surface area contributed by atoms with Crippen molar-refractivity contribution >= 4 is 40.1 Å². The minimum Gasteiger partial charge on any atom is -0.464 e. The number of benzene rings is 1. The molecule has 15 nitrogen and oxygen atoms in total. The van der Waals surface area contributed by atoms with Gasteiger partial charge in [-0.05, 0) is 97.9 Å². The van der Waals surface area contributed by atoms with Crippen molar-refractivity contribution in [2.24, 2.45) is 5.41 Å². The van der Waals surface area contributed by atoms with E-state index in [1.54, 1.807) is 13.3 Å². The number of nitrogens with one attached hydrogen (secondary N) is 2. The number of hydrazine groups is 1. The number of aromatic nitrogens is 3. The van der Waals surface area contributed by atoms with Crippen molar-refractivity contribution in [3.05, 3.63) is 58.2 Å². The number of methoxy groups -OCH3 is 1. The molecular formula is C46H65N9O6S. The Hall–Kier alpha value is -4.45. The summed E-state index contributed by atoms with van der Waals surface area (Å²) in [6.07, 6.45) is 2.28. The lowest BCUT2D eigenvalue weighted by Crippen LogP contribution is -2.65. The molecule has 0 spiro atoms. The fraction of sp³-hybridized carbons (Fsp3) is 0.587. The highest BCUT2D eigenvalue weighted by atomic mass is 32.1. The van der Waals surface area contributed by atoms with E-state index in [2.05, 4.69) is 65.2 Å². The summed E-state index contributed by atoms with van der Waals surface area (Å²) in [5, 5.41) is 8.24. The third-order valence-corrected chi connectivity index (χ3v) is 13.3. The molecule has 16 heteroatoms. The number of amides is 3. The Morgan fingerprint density at radius 2 is 1.92 bits per heavy atom. The van der Waals surface area contributed by atoms with Gasteiger partial charge in [0, 0.05) is 90.9 Å². The predicted molar refractivity (Wildman–Crippen MR) is 242 cm³/mol. The second-order valence-electron chi connectivity index (χ2n) is 18.3. The Morgan fingerprint density at radius 1 is 1.16 bits per heavy atom. The van der Waals surface area contributed by atoms with Gasteiger partial charge in [-0.2, -0.15) is 0 Å². The van der Waals surface area contributed by atoms with Crippen LogP contribution in [0, 0.1) is 5.41 Å². The molecule has 62 heavy (non-hydrogen) atoms. The van der Waals surface area contributed by atoms with E-state index >= 15 is 0 Å². The summed E-state index contributed by atoms with van der Waals surface area (Å²) in [6, 6.07) is 8.05. The second kappa shape index (κ2) is 19.1. The number of pyridine rings is 1. The molecule has 336 valence electrons. The number of likely N-dealkylation sites (N-methyl/N-ethyl adjacent to an activating group) is 2. The van der Waals surface area contributed by atoms with E-state index in [1.807, 2.05) is 63.2 Å². The van der Waals surface area contributed by atoms with E-state index in [4.69, 9.17) is 24.2 Å².